The summed E-state index contributed by atoms with van der Waals surface area (Å²) in [7, 11) is 0. The number of hydrogen-bond donors (Lipinski definition) is 1. The van der Waals surface area contributed by atoms with Gasteiger partial charge in [-0.1, -0.05) is 46.1 Å². The van der Waals surface area contributed by atoms with Crippen LogP contribution in [0.2, 0.25) is 0 Å². The van der Waals surface area contributed by atoms with Gasteiger partial charge in [0.05, 0.1) is 6.10 Å². The number of aliphatic hydroxyl groups is 1. The average Bonchev–Trinajstić information content (AvgIpc) is 2.21. The molecule has 0 radical (unpaired) electrons. The Hall–Kier alpha value is -0.300. The van der Waals surface area contributed by atoms with Crippen molar-refractivity contribution in [2.24, 2.45) is 11.8 Å². The Morgan fingerprint density at radius 2 is 1.86 bits per heavy atom. The molecule has 0 aliphatic rings. The fraction of sp³-hybridized carbons (Fsp3) is 0.846. The third-order valence-corrected chi connectivity index (χ3v) is 3.15. The quantitative estimate of drug-likeness (QED) is 0.589. The molecule has 14 heavy (non-hydrogen) atoms. The first-order chi connectivity index (χ1) is 6.71. The molecule has 0 aromatic carbocycles. The summed E-state index contributed by atoms with van der Waals surface area (Å²) in [5, 5.41) is 10.1. The molecular weight excluding hydrogens is 172 g/mol. The fourth-order valence-electron chi connectivity index (χ4n) is 1.98. The van der Waals surface area contributed by atoms with E-state index in [1.165, 1.54) is 12.8 Å². The zero-order valence-corrected chi connectivity index (χ0v) is 10.00. The Bertz CT molecular complexity index is 142. The van der Waals surface area contributed by atoms with Crippen molar-refractivity contribution in [2.75, 3.05) is 0 Å². The summed E-state index contributed by atoms with van der Waals surface area (Å²) in [5.41, 5.74) is 0. The molecular formula is C13H26O. The molecule has 1 N–H and O–H groups in total. The lowest BCUT2D eigenvalue weighted by molar-refractivity contribution is 0.0598. The topological polar surface area (TPSA) is 20.2 Å². The maximum atomic E-state index is 10.1. The minimum absolute atomic E-state index is 0.186. The van der Waals surface area contributed by atoms with Crippen LogP contribution >= 0.6 is 0 Å². The molecule has 1 unspecified atom stereocenters. The lowest BCUT2D eigenvalue weighted by atomic mass is 9.84. The van der Waals surface area contributed by atoms with Gasteiger partial charge in [0.25, 0.3) is 0 Å². The van der Waals surface area contributed by atoms with Crippen molar-refractivity contribution in [1.82, 2.24) is 0 Å². The van der Waals surface area contributed by atoms with Gasteiger partial charge < -0.3 is 5.11 Å². The maximum absolute atomic E-state index is 10.1. The third kappa shape index (κ3) is 4.28. The highest BCUT2D eigenvalue weighted by Gasteiger charge is 2.22. The first kappa shape index (κ1) is 13.7. The maximum Gasteiger partial charge on any atom is 0.0630 e. The molecule has 0 saturated heterocycles. The second-order valence-corrected chi connectivity index (χ2v) is 4.11. The largest absolute Gasteiger partial charge is 0.392 e. The van der Waals surface area contributed by atoms with Crippen molar-refractivity contribution >= 4 is 0 Å². The van der Waals surface area contributed by atoms with E-state index in [1.807, 2.05) is 6.08 Å². The molecule has 84 valence electrons. The monoisotopic (exact) mass is 198 g/mol. The van der Waals surface area contributed by atoms with Crippen LogP contribution in [0.3, 0.4) is 0 Å². The van der Waals surface area contributed by atoms with Gasteiger partial charge >= 0.3 is 0 Å². The van der Waals surface area contributed by atoms with E-state index in [-0.39, 0.29) is 12.0 Å². The molecule has 0 aromatic heterocycles. The molecule has 0 rings (SSSR count). The molecule has 1 heteroatoms. The highest BCUT2D eigenvalue weighted by Crippen LogP contribution is 2.24. The predicted molar refractivity (Wildman–Crippen MR) is 63.3 cm³/mol. The average molecular weight is 198 g/mol. The highest BCUT2D eigenvalue weighted by molar-refractivity contribution is 4.86. The Morgan fingerprint density at radius 3 is 2.21 bits per heavy atom. The zero-order valence-electron chi connectivity index (χ0n) is 10.00. The Morgan fingerprint density at radius 1 is 1.21 bits per heavy atom. The molecule has 0 aliphatic heterocycles. The van der Waals surface area contributed by atoms with Crippen LogP contribution in [0.25, 0.3) is 0 Å². The van der Waals surface area contributed by atoms with Crippen LogP contribution in [0.15, 0.2) is 12.7 Å². The first-order valence-electron chi connectivity index (χ1n) is 6.01. The smallest absolute Gasteiger partial charge is 0.0630 e. The summed E-state index contributed by atoms with van der Waals surface area (Å²) in [6.07, 6.45) is 7.38. The lowest BCUT2D eigenvalue weighted by Crippen LogP contribution is -2.27. The standard InChI is InChI=1S/C13H26O/c1-5-9-10-12(8-4)13(14)11(6-2)7-3/h6,11-14H,2,5,7-10H2,1,3-4H3/t11-,12?,13+/m1/s1. The lowest BCUT2D eigenvalue weighted by Gasteiger charge is -2.26. The number of rotatable bonds is 8. The third-order valence-electron chi connectivity index (χ3n) is 3.15. The van der Waals surface area contributed by atoms with Gasteiger partial charge in [0.1, 0.15) is 0 Å². The van der Waals surface area contributed by atoms with Crippen molar-refractivity contribution in [3.63, 3.8) is 0 Å². The van der Waals surface area contributed by atoms with Crippen LogP contribution in [0.4, 0.5) is 0 Å². The molecule has 0 aromatic rings. The van der Waals surface area contributed by atoms with Crippen molar-refractivity contribution in [3.8, 4) is 0 Å². The van der Waals surface area contributed by atoms with Crippen molar-refractivity contribution < 1.29 is 5.11 Å². The van der Waals surface area contributed by atoms with E-state index in [0.29, 0.717) is 5.92 Å². The van der Waals surface area contributed by atoms with E-state index in [1.54, 1.807) is 0 Å². The van der Waals surface area contributed by atoms with E-state index in [4.69, 9.17) is 0 Å². The SMILES string of the molecule is C=C[C@H](CC)[C@H](O)C(CC)CCCC. The van der Waals surface area contributed by atoms with E-state index in [2.05, 4.69) is 27.4 Å². The molecule has 1 nitrogen and oxygen atoms in total. The highest BCUT2D eigenvalue weighted by atomic mass is 16.3. The van der Waals surface area contributed by atoms with Gasteiger partial charge in [0, 0.05) is 5.92 Å². The predicted octanol–water partition coefficient (Wildman–Crippen LogP) is 3.78. The summed E-state index contributed by atoms with van der Waals surface area (Å²) < 4.78 is 0. The van der Waals surface area contributed by atoms with Gasteiger partial charge in [-0.05, 0) is 18.8 Å². The van der Waals surface area contributed by atoms with Crippen LogP contribution in [-0.2, 0) is 0 Å². The minimum atomic E-state index is -0.186. The van der Waals surface area contributed by atoms with Crippen LogP contribution in [0.5, 0.6) is 0 Å². The second kappa shape index (κ2) is 8.05. The van der Waals surface area contributed by atoms with Crippen LogP contribution in [-0.4, -0.2) is 11.2 Å². The van der Waals surface area contributed by atoms with E-state index in [9.17, 15) is 5.11 Å². The molecule has 0 aliphatic carbocycles. The number of aliphatic hydroxyl groups excluding tert-OH is 1. The number of unbranched alkanes of at least 4 members (excludes halogenated alkanes) is 1. The van der Waals surface area contributed by atoms with E-state index < -0.39 is 0 Å². The summed E-state index contributed by atoms with van der Waals surface area (Å²) in [6, 6.07) is 0. The zero-order chi connectivity index (χ0) is 11.0. The van der Waals surface area contributed by atoms with E-state index >= 15 is 0 Å². The van der Waals surface area contributed by atoms with Crippen molar-refractivity contribution in [1.29, 1.82) is 0 Å². The molecule has 0 heterocycles. The Kier molecular flexibility index (Phi) is 7.87. The first-order valence-corrected chi connectivity index (χ1v) is 6.01. The van der Waals surface area contributed by atoms with Crippen LogP contribution in [0.1, 0.15) is 52.9 Å². The van der Waals surface area contributed by atoms with Gasteiger partial charge in [-0.15, -0.1) is 6.58 Å². The Labute approximate surface area is 89.2 Å². The van der Waals surface area contributed by atoms with Gasteiger partial charge in [-0.25, -0.2) is 0 Å². The van der Waals surface area contributed by atoms with Crippen LogP contribution < -0.4 is 0 Å². The van der Waals surface area contributed by atoms with Crippen LogP contribution in [0, 0.1) is 11.8 Å². The molecule has 0 fully saturated rings. The molecule has 0 saturated carbocycles. The Balaban J connectivity index is 4.12. The molecule has 0 spiro atoms. The van der Waals surface area contributed by atoms with Gasteiger partial charge in [0.2, 0.25) is 0 Å². The van der Waals surface area contributed by atoms with Gasteiger partial charge in [-0.2, -0.15) is 0 Å². The van der Waals surface area contributed by atoms with E-state index in [0.717, 1.165) is 19.3 Å². The number of hydrogen-bond acceptors (Lipinski definition) is 1. The molecule has 0 amide bonds. The summed E-state index contributed by atoms with van der Waals surface area (Å²) in [5.74, 6) is 0.731. The van der Waals surface area contributed by atoms with Gasteiger partial charge in [0.15, 0.2) is 0 Å². The molecule has 0 bridgehead atoms. The van der Waals surface area contributed by atoms with Crippen molar-refractivity contribution in [2.45, 2.75) is 59.0 Å². The van der Waals surface area contributed by atoms with Crippen molar-refractivity contribution in [3.05, 3.63) is 12.7 Å². The molecule has 3 atom stereocenters. The normalized spacial score (nSPS) is 17.4. The summed E-state index contributed by atoms with van der Waals surface area (Å²) >= 11 is 0. The minimum Gasteiger partial charge on any atom is -0.392 e. The second-order valence-electron chi connectivity index (χ2n) is 4.11. The summed E-state index contributed by atoms with van der Waals surface area (Å²) in [6.45, 7) is 10.3. The van der Waals surface area contributed by atoms with Gasteiger partial charge in [-0.3, -0.25) is 0 Å². The fourth-order valence-corrected chi connectivity index (χ4v) is 1.98. The summed E-state index contributed by atoms with van der Waals surface area (Å²) in [4.78, 5) is 0.